The zero-order chi connectivity index (χ0) is 10.2. The van der Waals surface area contributed by atoms with E-state index in [4.69, 9.17) is 4.74 Å². The third kappa shape index (κ3) is 4.67. The van der Waals surface area contributed by atoms with Crippen LogP contribution in [0.15, 0.2) is 0 Å². The maximum absolute atomic E-state index is 5.24. The van der Waals surface area contributed by atoms with E-state index in [2.05, 4.69) is 24.0 Å². The second kappa shape index (κ2) is 7.55. The summed E-state index contributed by atoms with van der Waals surface area (Å²) >= 11 is 2.06. The molecule has 0 amide bonds. The smallest absolute Gasteiger partial charge is 0.0615 e. The van der Waals surface area contributed by atoms with Gasteiger partial charge in [0.1, 0.15) is 0 Å². The number of unbranched alkanes of at least 4 members (excludes halogenated alkanes) is 1. The highest BCUT2D eigenvalue weighted by molar-refractivity contribution is 7.99. The van der Waals surface area contributed by atoms with E-state index >= 15 is 0 Å². The summed E-state index contributed by atoms with van der Waals surface area (Å²) < 4.78 is 5.24. The molecule has 0 aromatic rings. The Balaban J connectivity index is 2.18. The molecule has 0 radical (unpaired) electrons. The maximum Gasteiger partial charge on any atom is 0.0615 e. The molecule has 14 heavy (non-hydrogen) atoms. The molecule has 2 nitrogen and oxygen atoms in total. The van der Waals surface area contributed by atoms with Crippen molar-refractivity contribution in [3.63, 3.8) is 0 Å². The fourth-order valence-electron chi connectivity index (χ4n) is 1.87. The molecule has 1 N–H and O–H groups in total. The first-order valence-corrected chi connectivity index (χ1v) is 6.85. The van der Waals surface area contributed by atoms with Crippen LogP contribution in [-0.4, -0.2) is 37.3 Å². The number of ether oxygens (including phenoxy) is 1. The van der Waals surface area contributed by atoms with Gasteiger partial charge in [-0.05, 0) is 18.6 Å². The molecule has 1 rings (SSSR count). The summed E-state index contributed by atoms with van der Waals surface area (Å²) in [6.07, 6.45) is 5.17. The molecule has 3 heteroatoms. The van der Waals surface area contributed by atoms with Crippen LogP contribution < -0.4 is 5.32 Å². The lowest BCUT2D eigenvalue weighted by Crippen LogP contribution is -2.41. The second-order valence-electron chi connectivity index (χ2n) is 4.02. The van der Waals surface area contributed by atoms with Crippen LogP contribution in [0, 0.1) is 0 Å². The van der Waals surface area contributed by atoms with Crippen molar-refractivity contribution in [1.82, 2.24) is 5.32 Å². The fourth-order valence-corrected chi connectivity index (χ4v) is 3.03. The van der Waals surface area contributed by atoms with Crippen molar-refractivity contribution in [2.45, 2.75) is 44.7 Å². The first kappa shape index (κ1) is 12.3. The third-order valence-corrected chi connectivity index (χ3v) is 3.84. The number of thioether (sulfide) groups is 1. The number of nitrogens with one attached hydrogen (secondary N) is 1. The lowest BCUT2D eigenvalue weighted by molar-refractivity contribution is 0.156. The van der Waals surface area contributed by atoms with Crippen molar-refractivity contribution in [1.29, 1.82) is 0 Å². The van der Waals surface area contributed by atoms with E-state index in [1.165, 1.54) is 37.2 Å². The molecule has 1 aliphatic heterocycles. The topological polar surface area (TPSA) is 21.3 Å². The summed E-state index contributed by atoms with van der Waals surface area (Å²) in [4.78, 5) is 0. The summed E-state index contributed by atoms with van der Waals surface area (Å²) in [5, 5.41) is 3.71. The van der Waals surface area contributed by atoms with Gasteiger partial charge in [0.15, 0.2) is 0 Å². The van der Waals surface area contributed by atoms with Crippen LogP contribution in [0.3, 0.4) is 0 Å². The van der Waals surface area contributed by atoms with Gasteiger partial charge in [0.2, 0.25) is 0 Å². The predicted molar refractivity (Wildman–Crippen MR) is 64.1 cm³/mol. The van der Waals surface area contributed by atoms with E-state index < -0.39 is 0 Å². The van der Waals surface area contributed by atoms with E-state index in [1.54, 1.807) is 7.11 Å². The van der Waals surface area contributed by atoms with Crippen molar-refractivity contribution in [2.75, 3.05) is 25.2 Å². The molecule has 2 atom stereocenters. The lowest BCUT2D eigenvalue weighted by atomic mass is 10.1. The van der Waals surface area contributed by atoms with Gasteiger partial charge in [0, 0.05) is 24.9 Å². The van der Waals surface area contributed by atoms with Crippen LogP contribution in [0.4, 0.5) is 0 Å². The maximum atomic E-state index is 5.24. The Morgan fingerprint density at radius 2 is 2.43 bits per heavy atom. The number of rotatable bonds is 7. The third-order valence-electron chi connectivity index (χ3n) is 2.68. The van der Waals surface area contributed by atoms with Crippen molar-refractivity contribution in [3.8, 4) is 0 Å². The quantitative estimate of drug-likeness (QED) is 0.707. The Labute approximate surface area is 92.2 Å². The van der Waals surface area contributed by atoms with Crippen molar-refractivity contribution in [2.24, 2.45) is 0 Å². The minimum absolute atomic E-state index is 0.573. The van der Waals surface area contributed by atoms with Gasteiger partial charge in [0.25, 0.3) is 0 Å². The van der Waals surface area contributed by atoms with E-state index in [1.807, 2.05) is 0 Å². The highest BCUT2D eigenvalue weighted by atomic mass is 32.2. The van der Waals surface area contributed by atoms with E-state index in [0.717, 1.165) is 12.6 Å². The zero-order valence-corrected chi connectivity index (χ0v) is 10.2. The highest BCUT2D eigenvalue weighted by Gasteiger charge is 2.18. The van der Waals surface area contributed by atoms with Crippen molar-refractivity contribution in [3.05, 3.63) is 0 Å². The van der Waals surface area contributed by atoms with Crippen LogP contribution in [0.1, 0.15) is 32.6 Å². The minimum Gasteiger partial charge on any atom is -0.383 e. The normalized spacial score (nSPS) is 24.0. The molecule has 1 fully saturated rings. The SMILES string of the molecule is CCCCC(COC)NC1CCSC1. The van der Waals surface area contributed by atoms with E-state index in [0.29, 0.717) is 6.04 Å². The molecular formula is C11H23NOS. The van der Waals surface area contributed by atoms with Crippen molar-refractivity contribution < 1.29 is 4.74 Å². The number of hydrogen-bond acceptors (Lipinski definition) is 3. The van der Waals surface area contributed by atoms with Crippen LogP contribution >= 0.6 is 11.8 Å². The molecule has 84 valence electrons. The standard InChI is InChI=1S/C11H23NOS/c1-3-4-5-10(8-13-2)12-11-6-7-14-9-11/h10-12H,3-9H2,1-2H3. The Morgan fingerprint density at radius 3 is 3.00 bits per heavy atom. The molecule has 0 aromatic heterocycles. The fraction of sp³-hybridized carbons (Fsp3) is 1.00. The average Bonchev–Trinajstić information content (AvgIpc) is 2.67. The minimum atomic E-state index is 0.573. The summed E-state index contributed by atoms with van der Waals surface area (Å²) in [6, 6.07) is 1.31. The van der Waals surface area contributed by atoms with Crippen LogP contribution in [0.2, 0.25) is 0 Å². The van der Waals surface area contributed by atoms with Gasteiger partial charge in [-0.25, -0.2) is 0 Å². The lowest BCUT2D eigenvalue weighted by Gasteiger charge is -2.21. The second-order valence-corrected chi connectivity index (χ2v) is 5.17. The van der Waals surface area contributed by atoms with Gasteiger partial charge >= 0.3 is 0 Å². The summed E-state index contributed by atoms with van der Waals surface area (Å²) in [5.74, 6) is 2.61. The first-order valence-electron chi connectivity index (χ1n) is 5.69. The van der Waals surface area contributed by atoms with Gasteiger partial charge in [-0.3, -0.25) is 0 Å². The largest absolute Gasteiger partial charge is 0.383 e. The Kier molecular flexibility index (Phi) is 6.65. The van der Waals surface area contributed by atoms with Gasteiger partial charge < -0.3 is 10.1 Å². The summed E-state index contributed by atoms with van der Waals surface area (Å²) in [5.41, 5.74) is 0. The molecule has 1 aliphatic rings. The molecule has 1 heterocycles. The molecule has 2 unspecified atom stereocenters. The van der Waals surface area contributed by atoms with E-state index in [9.17, 15) is 0 Å². The molecular weight excluding hydrogens is 194 g/mol. The molecule has 0 saturated carbocycles. The van der Waals surface area contributed by atoms with Crippen LogP contribution in [0.25, 0.3) is 0 Å². The molecule has 0 aliphatic carbocycles. The average molecular weight is 217 g/mol. The Morgan fingerprint density at radius 1 is 1.57 bits per heavy atom. The highest BCUT2D eigenvalue weighted by Crippen LogP contribution is 2.18. The number of hydrogen-bond donors (Lipinski definition) is 1. The summed E-state index contributed by atoms with van der Waals surface area (Å²) in [6.45, 7) is 3.11. The molecule has 0 bridgehead atoms. The van der Waals surface area contributed by atoms with Crippen LogP contribution in [-0.2, 0) is 4.74 Å². The zero-order valence-electron chi connectivity index (χ0n) is 9.42. The molecule has 1 saturated heterocycles. The van der Waals surface area contributed by atoms with Crippen molar-refractivity contribution >= 4 is 11.8 Å². The predicted octanol–water partition coefficient (Wildman–Crippen LogP) is 2.29. The molecule has 0 spiro atoms. The van der Waals surface area contributed by atoms with Gasteiger partial charge in [-0.2, -0.15) is 11.8 Å². The van der Waals surface area contributed by atoms with Gasteiger partial charge in [-0.15, -0.1) is 0 Å². The van der Waals surface area contributed by atoms with Gasteiger partial charge in [-0.1, -0.05) is 19.8 Å². The molecule has 0 aromatic carbocycles. The number of methoxy groups -OCH3 is 1. The first-order chi connectivity index (χ1) is 6.86. The van der Waals surface area contributed by atoms with E-state index in [-0.39, 0.29) is 0 Å². The van der Waals surface area contributed by atoms with Gasteiger partial charge in [0.05, 0.1) is 6.61 Å². The monoisotopic (exact) mass is 217 g/mol. The Bertz CT molecular complexity index is 137. The summed E-state index contributed by atoms with van der Waals surface area (Å²) in [7, 11) is 1.80. The van der Waals surface area contributed by atoms with Crippen LogP contribution in [0.5, 0.6) is 0 Å². The Hall–Kier alpha value is 0.270.